The van der Waals surface area contributed by atoms with Gasteiger partial charge < -0.3 is 15.2 Å². The second-order valence-corrected chi connectivity index (χ2v) is 7.87. The van der Waals surface area contributed by atoms with Gasteiger partial charge in [-0.3, -0.25) is 9.59 Å². The zero-order valence-corrected chi connectivity index (χ0v) is 19.0. The van der Waals surface area contributed by atoms with E-state index in [-0.39, 0.29) is 22.2 Å². The molecule has 1 fully saturated rings. The molecule has 1 saturated heterocycles. The van der Waals surface area contributed by atoms with E-state index in [1.165, 1.54) is 35.4 Å². The minimum absolute atomic E-state index is 0.0192. The quantitative estimate of drug-likeness (QED) is 0.250. The highest BCUT2D eigenvalue weighted by molar-refractivity contribution is 6.45. The first-order valence-electron chi connectivity index (χ1n) is 10.9. The Balaban J connectivity index is 0.000000174. The van der Waals surface area contributed by atoms with Gasteiger partial charge in [0.15, 0.2) is 17.4 Å². The highest BCUT2D eigenvalue weighted by atomic mass is 19.4. The van der Waals surface area contributed by atoms with Crippen molar-refractivity contribution in [2.75, 3.05) is 31.1 Å². The molecule has 1 aliphatic heterocycles. The molecule has 1 aliphatic rings. The molecule has 36 heavy (non-hydrogen) atoms. The van der Waals surface area contributed by atoms with Crippen LogP contribution in [0.25, 0.3) is 16.7 Å². The van der Waals surface area contributed by atoms with Gasteiger partial charge in [0.25, 0.3) is 0 Å². The Hall–Kier alpha value is -4.13. The molecule has 1 aromatic carbocycles. The fraction of sp³-hybridized carbons (Fsp3) is 0.261. The van der Waals surface area contributed by atoms with Gasteiger partial charge in [0.1, 0.15) is 0 Å². The van der Waals surface area contributed by atoms with Gasteiger partial charge in [-0.1, -0.05) is 17.3 Å². The molecule has 0 aliphatic carbocycles. The van der Waals surface area contributed by atoms with E-state index < -0.39 is 29.1 Å². The fourth-order valence-corrected chi connectivity index (χ4v) is 3.85. The van der Waals surface area contributed by atoms with Crippen LogP contribution in [0, 0.1) is 5.82 Å². The molecule has 0 amide bonds. The van der Waals surface area contributed by atoms with Crippen molar-refractivity contribution in [1.82, 2.24) is 30.3 Å². The predicted octanol–water partition coefficient (Wildman–Crippen LogP) is 3.17. The lowest BCUT2D eigenvalue weighted by atomic mass is 10.1. The van der Waals surface area contributed by atoms with Crippen molar-refractivity contribution < 1.29 is 27.2 Å². The molecule has 188 valence electrons. The number of carbonyl (C=O) groups is 2. The van der Waals surface area contributed by atoms with Crippen LogP contribution in [-0.4, -0.2) is 62.7 Å². The van der Waals surface area contributed by atoms with E-state index in [9.17, 15) is 27.2 Å². The Morgan fingerprint density at radius 2 is 1.83 bits per heavy atom. The lowest BCUT2D eigenvalue weighted by Gasteiger charge is -2.31. The summed E-state index contributed by atoms with van der Waals surface area (Å²) in [7, 11) is 0. The molecule has 0 radical (unpaired) electrons. The zero-order chi connectivity index (χ0) is 25.9. The summed E-state index contributed by atoms with van der Waals surface area (Å²) < 4.78 is 53.6. The number of aromatic nitrogens is 5. The first kappa shape index (κ1) is 25.0. The first-order chi connectivity index (χ1) is 17.2. The molecule has 0 saturated carbocycles. The molecule has 0 bridgehead atoms. The third-order valence-corrected chi connectivity index (χ3v) is 5.51. The van der Waals surface area contributed by atoms with Crippen molar-refractivity contribution in [2.24, 2.45) is 0 Å². The summed E-state index contributed by atoms with van der Waals surface area (Å²) in [4.78, 5) is 31.4. The van der Waals surface area contributed by atoms with E-state index in [2.05, 4.69) is 25.6 Å². The standard InChI is InChI=1S/C12H8FN5O2.C11H13F3N2/c1-6(19)11(20)7-4-14-10-9(7)8(13)5-15-12(10)18-3-2-16-17-18;12-11(13,14)9-3-1-2-4-10(9)16-7-5-15-6-8-16/h2-5,14H,1H3;1-4,15H,5-8H2. The molecule has 0 spiro atoms. The number of piperazine rings is 1. The lowest BCUT2D eigenvalue weighted by Crippen LogP contribution is -2.44. The van der Waals surface area contributed by atoms with Crippen LogP contribution >= 0.6 is 0 Å². The largest absolute Gasteiger partial charge is 0.418 e. The van der Waals surface area contributed by atoms with E-state index in [0.29, 0.717) is 18.9 Å². The van der Waals surface area contributed by atoms with E-state index in [0.717, 1.165) is 32.3 Å². The second-order valence-electron chi connectivity index (χ2n) is 7.87. The number of pyridine rings is 1. The van der Waals surface area contributed by atoms with Crippen LogP contribution in [0.15, 0.2) is 49.1 Å². The summed E-state index contributed by atoms with van der Waals surface area (Å²) in [5.74, 6) is -1.81. The van der Waals surface area contributed by atoms with Crippen molar-refractivity contribution in [3.8, 4) is 5.82 Å². The second kappa shape index (κ2) is 10.2. The summed E-state index contributed by atoms with van der Waals surface area (Å²) in [6.45, 7) is 3.83. The van der Waals surface area contributed by atoms with E-state index in [1.807, 2.05) is 0 Å². The number of fused-ring (bicyclic) bond motifs is 1. The smallest absolute Gasteiger partial charge is 0.368 e. The Kier molecular flexibility index (Phi) is 7.10. The monoisotopic (exact) mass is 503 g/mol. The van der Waals surface area contributed by atoms with Gasteiger partial charge >= 0.3 is 6.18 Å². The average molecular weight is 503 g/mol. The molecule has 4 aromatic rings. The minimum Gasteiger partial charge on any atom is -0.368 e. The average Bonchev–Trinajstić information content (AvgIpc) is 3.55. The maximum absolute atomic E-state index is 13.9. The summed E-state index contributed by atoms with van der Waals surface area (Å²) in [5, 5.41) is 10.5. The van der Waals surface area contributed by atoms with Crippen LogP contribution in [0.2, 0.25) is 0 Å². The number of rotatable bonds is 4. The number of benzene rings is 1. The van der Waals surface area contributed by atoms with Crippen LogP contribution in [0.4, 0.5) is 23.2 Å². The number of aromatic amines is 1. The molecule has 0 atom stereocenters. The molecule has 13 heteroatoms. The normalized spacial score (nSPS) is 13.9. The van der Waals surface area contributed by atoms with Gasteiger partial charge in [0, 0.05) is 45.0 Å². The third-order valence-electron chi connectivity index (χ3n) is 5.51. The fourth-order valence-electron chi connectivity index (χ4n) is 3.85. The maximum atomic E-state index is 13.9. The number of halogens is 4. The Morgan fingerprint density at radius 1 is 1.11 bits per heavy atom. The van der Waals surface area contributed by atoms with E-state index in [4.69, 9.17) is 0 Å². The number of hydrogen-bond acceptors (Lipinski definition) is 7. The van der Waals surface area contributed by atoms with Crippen molar-refractivity contribution in [2.45, 2.75) is 13.1 Å². The van der Waals surface area contributed by atoms with Gasteiger partial charge in [-0.25, -0.2) is 14.1 Å². The number of carbonyl (C=O) groups excluding carboxylic acids is 2. The molecule has 4 heterocycles. The van der Waals surface area contributed by atoms with Crippen molar-refractivity contribution in [3.05, 3.63) is 66.0 Å². The Morgan fingerprint density at radius 3 is 2.47 bits per heavy atom. The van der Waals surface area contributed by atoms with Gasteiger partial charge in [0.05, 0.1) is 40.6 Å². The van der Waals surface area contributed by atoms with Crippen LogP contribution in [0.1, 0.15) is 22.8 Å². The van der Waals surface area contributed by atoms with E-state index in [1.54, 1.807) is 11.0 Å². The number of ketones is 2. The molecule has 9 nitrogen and oxygen atoms in total. The number of nitrogens with zero attached hydrogens (tertiary/aromatic N) is 5. The van der Waals surface area contributed by atoms with Crippen molar-refractivity contribution in [1.29, 1.82) is 0 Å². The van der Waals surface area contributed by atoms with Crippen LogP contribution < -0.4 is 10.2 Å². The summed E-state index contributed by atoms with van der Waals surface area (Å²) in [6.07, 6.45) is 0.972. The summed E-state index contributed by atoms with van der Waals surface area (Å²) in [5.41, 5.74) is 0.00210. The Labute approximate surface area is 202 Å². The van der Waals surface area contributed by atoms with Crippen LogP contribution in [-0.2, 0) is 11.0 Å². The van der Waals surface area contributed by atoms with Gasteiger partial charge in [0.2, 0.25) is 5.78 Å². The molecule has 0 unspecified atom stereocenters. The van der Waals surface area contributed by atoms with Crippen LogP contribution in [0.5, 0.6) is 0 Å². The van der Waals surface area contributed by atoms with E-state index >= 15 is 0 Å². The molecule has 3 aromatic heterocycles. The number of alkyl halides is 3. The topological polar surface area (TPSA) is 109 Å². The number of nitrogens with one attached hydrogen (secondary N) is 2. The van der Waals surface area contributed by atoms with Crippen molar-refractivity contribution >= 4 is 28.2 Å². The first-order valence-corrected chi connectivity index (χ1v) is 10.9. The number of para-hydroxylation sites is 1. The van der Waals surface area contributed by atoms with Crippen molar-refractivity contribution in [3.63, 3.8) is 0 Å². The number of H-pyrrole nitrogens is 1. The summed E-state index contributed by atoms with van der Waals surface area (Å²) >= 11 is 0. The van der Waals surface area contributed by atoms with Gasteiger partial charge in [-0.05, 0) is 12.1 Å². The Bertz CT molecular complexity index is 1380. The van der Waals surface area contributed by atoms with Gasteiger partial charge in [-0.2, -0.15) is 13.2 Å². The maximum Gasteiger partial charge on any atom is 0.418 e. The number of Topliss-reactive ketones (excluding diaryl/α,β-unsaturated/α-hetero) is 2. The molecule has 5 rings (SSSR count). The third kappa shape index (κ3) is 5.10. The number of hydrogen-bond donors (Lipinski definition) is 2. The van der Waals surface area contributed by atoms with Crippen LogP contribution in [0.3, 0.4) is 0 Å². The number of anilines is 1. The predicted molar refractivity (Wildman–Crippen MR) is 123 cm³/mol. The highest BCUT2D eigenvalue weighted by Gasteiger charge is 2.34. The molecular formula is C23H21F4N7O2. The SMILES string of the molecule is CC(=O)C(=O)c1c[nH]c2c(-n3ccnn3)ncc(F)c12.FC(F)(F)c1ccccc1N1CCNCC1. The summed E-state index contributed by atoms with van der Waals surface area (Å²) in [6, 6.07) is 5.74. The highest BCUT2D eigenvalue weighted by Crippen LogP contribution is 2.36. The van der Waals surface area contributed by atoms with Gasteiger partial charge in [-0.15, -0.1) is 5.10 Å². The zero-order valence-electron chi connectivity index (χ0n) is 19.0. The molecule has 2 N–H and O–H groups in total. The molecular weight excluding hydrogens is 482 g/mol. The minimum atomic E-state index is -4.28. The lowest BCUT2D eigenvalue weighted by molar-refractivity contribution is -0.137.